The average molecular weight is 382 g/mol. The second-order valence-corrected chi connectivity index (χ2v) is 6.29. The Morgan fingerprint density at radius 2 is 1.48 bits per heavy atom. The van der Waals surface area contributed by atoms with Crippen molar-refractivity contribution in [1.82, 2.24) is 0 Å². The molecule has 1 N–H and O–H groups in total. The Morgan fingerprint density at radius 1 is 0.815 bits per heavy atom. The minimum Gasteiger partial charge on any atom is -0.490 e. The molecular weight excluding hydrogens is 362 g/mol. The summed E-state index contributed by atoms with van der Waals surface area (Å²) in [7, 11) is 0. The van der Waals surface area contributed by atoms with E-state index in [0.29, 0.717) is 29.7 Å². The molecule has 0 aromatic heterocycles. The number of amides is 1. The maximum Gasteiger partial charge on any atom is 0.228 e. The number of rotatable bonds is 8. The van der Waals surface area contributed by atoms with Gasteiger partial charge in [0.1, 0.15) is 24.7 Å². The third-order valence-electron chi connectivity index (χ3n) is 3.79. The Labute approximate surface area is 163 Å². The SMILES string of the molecule is O=C(Cc1ccc(Cl)cc1)Nc1ccccc1OCCOc1ccccc1. The summed E-state index contributed by atoms with van der Waals surface area (Å²) in [5.74, 6) is 1.29. The molecule has 0 radical (unpaired) electrons. The second kappa shape index (κ2) is 9.64. The van der Waals surface area contributed by atoms with Gasteiger partial charge in [0.15, 0.2) is 0 Å². The molecular formula is C22H20ClNO3. The first-order valence-electron chi connectivity index (χ1n) is 8.65. The largest absolute Gasteiger partial charge is 0.490 e. The number of ether oxygens (including phenoxy) is 2. The fourth-order valence-corrected chi connectivity index (χ4v) is 2.63. The molecule has 0 saturated carbocycles. The van der Waals surface area contributed by atoms with E-state index in [0.717, 1.165) is 11.3 Å². The number of nitrogens with one attached hydrogen (secondary N) is 1. The first-order chi connectivity index (χ1) is 13.2. The Balaban J connectivity index is 1.52. The fraction of sp³-hybridized carbons (Fsp3) is 0.136. The van der Waals surface area contributed by atoms with Crippen LogP contribution in [0, 0.1) is 0 Å². The van der Waals surface area contributed by atoms with Crippen molar-refractivity contribution in [3.8, 4) is 11.5 Å². The molecule has 0 atom stereocenters. The molecule has 1 amide bonds. The van der Waals surface area contributed by atoms with Gasteiger partial charge in [0.25, 0.3) is 0 Å². The molecule has 3 aromatic rings. The molecule has 0 heterocycles. The summed E-state index contributed by atoms with van der Waals surface area (Å²) in [6.07, 6.45) is 0.266. The van der Waals surface area contributed by atoms with Crippen molar-refractivity contribution >= 4 is 23.2 Å². The molecule has 4 nitrogen and oxygen atoms in total. The molecule has 0 aliphatic carbocycles. The van der Waals surface area contributed by atoms with Crippen molar-refractivity contribution in [2.24, 2.45) is 0 Å². The monoisotopic (exact) mass is 381 g/mol. The minimum atomic E-state index is -0.117. The summed E-state index contributed by atoms with van der Waals surface area (Å²) in [4.78, 5) is 12.3. The molecule has 27 heavy (non-hydrogen) atoms. The van der Waals surface area contributed by atoms with Crippen LogP contribution >= 0.6 is 11.6 Å². The van der Waals surface area contributed by atoms with Crippen molar-refractivity contribution in [3.63, 3.8) is 0 Å². The van der Waals surface area contributed by atoms with Gasteiger partial charge in [-0.2, -0.15) is 0 Å². The molecule has 0 saturated heterocycles. The van der Waals surface area contributed by atoms with Gasteiger partial charge in [0, 0.05) is 5.02 Å². The lowest BCUT2D eigenvalue weighted by atomic mass is 10.1. The Kier molecular flexibility index (Phi) is 6.72. The molecule has 0 bridgehead atoms. The van der Waals surface area contributed by atoms with Crippen LogP contribution in [0.15, 0.2) is 78.9 Å². The zero-order valence-electron chi connectivity index (χ0n) is 14.7. The highest BCUT2D eigenvalue weighted by molar-refractivity contribution is 6.30. The van der Waals surface area contributed by atoms with Gasteiger partial charge in [0.05, 0.1) is 12.1 Å². The fourth-order valence-electron chi connectivity index (χ4n) is 2.51. The van der Waals surface area contributed by atoms with E-state index in [1.807, 2.05) is 66.7 Å². The number of carbonyl (C=O) groups excluding carboxylic acids is 1. The average Bonchev–Trinajstić information content (AvgIpc) is 2.69. The molecule has 3 rings (SSSR count). The van der Waals surface area contributed by atoms with E-state index >= 15 is 0 Å². The number of hydrogen-bond donors (Lipinski definition) is 1. The topological polar surface area (TPSA) is 47.6 Å². The van der Waals surface area contributed by atoms with Gasteiger partial charge in [-0.3, -0.25) is 4.79 Å². The van der Waals surface area contributed by atoms with E-state index in [1.165, 1.54) is 0 Å². The maximum atomic E-state index is 12.3. The summed E-state index contributed by atoms with van der Waals surface area (Å²) < 4.78 is 11.4. The van der Waals surface area contributed by atoms with Crippen LogP contribution in [0.5, 0.6) is 11.5 Å². The molecule has 138 valence electrons. The number of benzene rings is 3. The first-order valence-corrected chi connectivity index (χ1v) is 9.02. The lowest BCUT2D eigenvalue weighted by Gasteiger charge is -2.13. The predicted octanol–water partition coefficient (Wildman–Crippen LogP) is 4.98. The number of anilines is 1. The van der Waals surface area contributed by atoms with E-state index in [4.69, 9.17) is 21.1 Å². The summed E-state index contributed by atoms with van der Waals surface area (Å²) in [5.41, 5.74) is 1.53. The standard InChI is InChI=1S/C22H20ClNO3/c23-18-12-10-17(11-13-18)16-22(25)24-20-8-4-5-9-21(20)27-15-14-26-19-6-2-1-3-7-19/h1-13H,14-16H2,(H,24,25). The molecule has 0 aliphatic rings. The Hall–Kier alpha value is -2.98. The molecule has 0 fully saturated rings. The van der Waals surface area contributed by atoms with Crippen LogP contribution in [0.1, 0.15) is 5.56 Å². The van der Waals surface area contributed by atoms with Crippen molar-refractivity contribution in [2.45, 2.75) is 6.42 Å². The van der Waals surface area contributed by atoms with E-state index in [-0.39, 0.29) is 12.3 Å². The lowest BCUT2D eigenvalue weighted by Crippen LogP contribution is -2.16. The van der Waals surface area contributed by atoms with Crippen molar-refractivity contribution in [2.75, 3.05) is 18.5 Å². The van der Waals surface area contributed by atoms with E-state index in [9.17, 15) is 4.79 Å². The van der Waals surface area contributed by atoms with Gasteiger partial charge in [-0.05, 0) is 42.0 Å². The number of para-hydroxylation sites is 3. The summed E-state index contributed by atoms with van der Waals surface area (Å²) in [6.45, 7) is 0.788. The van der Waals surface area contributed by atoms with Gasteiger partial charge in [0.2, 0.25) is 5.91 Å². The molecule has 3 aromatic carbocycles. The van der Waals surface area contributed by atoms with Gasteiger partial charge in [-0.25, -0.2) is 0 Å². The van der Waals surface area contributed by atoms with Crippen LogP contribution in [0.3, 0.4) is 0 Å². The van der Waals surface area contributed by atoms with Crippen LogP contribution < -0.4 is 14.8 Å². The van der Waals surface area contributed by atoms with E-state index < -0.39 is 0 Å². The Bertz CT molecular complexity index is 866. The van der Waals surface area contributed by atoms with Gasteiger partial charge < -0.3 is 14.8 Å². The maximum absolute atomic E-state index is 12.3. The summed E-state index contributed by atoms with van der Waals surface area (Å²) >= 11 is 5.87. The van der Waals surface area contributed by atoms with E-state index in [2.05, 4.69) is 5.32 Å². The number of carbonyl (C=O) groups is 1. The second-order valence-electron chi connectivity index (χ2n) is 5.86. The van der Waals surface area contributed by atoms with Gasteiger partial charge in [-0.1, -0.05) is 54.1 Å². The van der Waals surface area contributed by atoms with E-state index in [1.54, 1.807) is 12.1 Å². The molecule has 0 spiro atoms. The van der Waals surface area contributed by atoms with Crippen molar-refractivity contribution < 1.29 is 14.3 Å². The summed E-state index contributed by atoms with van der Waals surface area (Å²) in [5, 5.41) is 3.54. The first kappa shape index (κ1) is 18.8. The predicted molar refractivity (Wildman–Crippen MR) is 108 cm³/mol. The van der Waals surface area contributed by atoms with Gasteiger partial charge in [-0.15, -0.1) is 0 Å². The van der Waals surface area contributed by atoms with Crippen LogP contribution in [0.2, 0.25) is 5.02 Å². The normalized spacial score (nSPS) is 10.3. The van der Waals surface area contributed by atoms with Crippen molar-refractivity contribution in [1.29, 1.82) is 0 Å². The third-order valence-corrected chi connectivity index (χ3v) is 4.04. The smallest absolute Gasteiger partial charge is 0.228 e. The number of hydrogen-bond acceptors (Lipinski definition) is 3. The highest BCUT2D eigenvalue weighted by Gasteiger charge is 2.08. The number of halogens is 1. The lowest BCUT2D eigenvalue weighted by molar-refractivity contribution is -0.115. The minimum absolute atomic E-state index is 0.117. The molecule has 0 unspecified atom stereocenters. The highest BCUT2D eigenvalue weighted by atomic mass is 35.5. The van der Waals surface area contributed by atoms with Crippen LogP contribution in [0.25, 0.3) is 0 Å². The highest BCUT2D eigenvalue weighted by Crippen LogP contribution is 2.24. The quantitative estimate of drug-likeness (QED) is 0.560. The third kappa shape index (κ3) is 6.04. The molecule has 0 aliphatic heterocycles. The molecule has 5 heteroatoms. The zero-order valence-corrected chi connectivity index (χ0v) is 15.5. The van der Waals surface area contributed by atoms with Crippen LogP contribution in [0.4, 0.5) is 5.69 Å². The zero-order chi connectivity index (χ0) is 18.9. The van der Waals surface area contributed by atoms with Crippen LogP contribution in [-0.4, -0.2) is 19.1 Å². The van der Waals surface area contributed by atoms with Gasteiger partial charge >= 0.3 is 0 Å². The summed E-state index contributed by atoms with van der Waals surface area (Å²) in [6, 6.07) is 24.1. The van der Waals surface area contributed by atoms with Crippen molar-refractivity contribution in [3.05, 3.63) is 89.4 Å². The Morgan fingerprint density at radius 3 is 2.26 bits per heavy atom. The van der Waals surface area contributed by atoms with Crippen LogP contribution in [-0.2, 0) is 11.2 Å².